The van der Waals surface area contributed by atoms with Crippen molar-refractivity contribution >= 4 is 26.7 Å². The monoisotopic (exact) mass is 414 g/mol. The molecular formula is C20H22N4O4S. The summed E-state index contributed by atoms with van der Waals surface area (Å²) in [7, 11) is -3.73. The van der Waals surface area contributed by atoms with Crippen LogP contribution in [-0.4, -0.2) is 48.4 Å². The first-order valence-electron chi connectivity index (χ1n) is 9.35. The van der Waals surface area contributed by atoms with Crippen LogP contribution >= 0.6 is 0 Å². The van der Waals surface area contributed by atoms with Gasteiger partial charge in [0.05, 0.1) is 15.9 Å². The number of nitrogens with one attached hydrogen (secondary N) is 2. The van der Waals surface area contributed by atoms with Crippen molar-refractivity contribution < 1.29 is 8.42 Å². The summed E-state index contributed by atoms with van der Waals surface area (Å²) >= 11 is 0. The van der Waals surface area contributed by atoms with E-state index in [9.17, 15) is 18.0 Å². The van der Waals surface area contributed by atoms with Gasteiger partial charge < -0.3 is 14.9 Å². The molecule has 2 heterocycles. The number of aromatic nitrogens is 2. The van der Waals surface area contributed by atoms with E-state index >= 15 is 0 Å². The molecule has 0 bridgehead atoms. The van der Waals surface area contributed by atoms with Crippen LogP contribution < -0.4 is 16.0 Å². The van der Waals surface area contributed by atoms with E-state index in [1.807, 2.05) is 26.0 Å². The number of aryl methyl sites for hydroxylation is 1. The second-order valence-corrected chi connectivity index (χ2v) is 9.29. The van der Waals surface area contributed by atoms with Crippen LogP contribution in [0.3, 0.4) is 0 Å². The lowest BCUT2D eigenvalue weighted by Crippen LogP contribution is -2.53. The summed E-state index contributed by atoms with van der Waals surface area (Å²) in [4.78, 5) is 30.2. The van der Waals surface area contributed by atoms with Gasteiger partial charge >= 0.3 is 11.1 Å². The predicted molar refractivity (Wildman–Crippen MR) is 112 cm³/mol. The van der Waals surface area contributed by atoms with Gasteiger partial charge in [0.1, 0.15) is 0 Å². The maximum absolute atomic E-state index is 13.2. The number of benzene rings is 2. The number of hydrogen-bond donors (Lipinski definition) is 2. The van der Waals surface area contributed by atoms with Gasteiger partial charge in [0.25, 0.3) is 0 Å². The number of H-pyrrole nitrogens is 2. The van der Waals surface area contributed by atoms with Gasteiger partial charge in [0.2, 0.25) is 10.0 Å². The zero-order valence-corrected chi connectivity index (χ0v) is 17.0. The van der Waals surface area contributed by atoms with E-state index in [-0.39, 0.29) is 16.5 Å². The molecule has 2 N–H and O–H groups in total. The third kappa shape index (κ3) is 3.58. The largest absolute Gasteiger partial charge is 0.366 e. The molecule has 0 radical (unpaired) electrons. The highest BCUT2D eigenvalue weighted by Gasteiger charge is 2.32. The fourth-order valence-electron chi connectivity index (χ4n) is 3.67. The Balaban J connectivity index is 1.60. The first-order valence-corrected chi connectivity index (χ1v) is 10.8. The van der Waals surface area contributed by atoms with Crippen LogP contribution in [0.15, 0.2) is 56.9 Å². The van der Waals surface area contributed by atoms with Crippen molar-refractivity contribution in [2.24, 2.45) is 0 Å². The van der Waals surface area contributed by atoms with Crippen molar-refractivity contribution in [1.82, 2.24) is 14.3 Å². The van der Waals surface area contributed by atoms with Crippen molar-refractivity contribution in [3.05, 3.63) is 68.7 Å². The van der Waals surface area contributed by atoms with Crippen molar-refractivity contribution in [1.29, 1.82) is 0 Å². The van der Waals surface area contributed by atoms with Crippen LogP contribution in [0, 0.1) is 6.92 Å². The first kappa shape index (κ1) is 19.4. The molecule has 1 aromatic heterocycles. The minimum Gasteiger partial charge on any atom is -0.366 e. The number of fused-ring (bicyclic) bond motifs is 1. The molecule has 152 valence electrons. The van der Waals surface area contributed by atoms with Crippen molar-refractivity contribution in [2.45, 2.75) is 24.8 Å². The van der Waals surface area contributed by atoms with Crippen LogP contribution in [0.25, 0.3) is 11.0 Å². The molecule has 1 aliphatic rings. The highest BCUT2D eigenvalue weighted by molar-refractivity contribution is 7.89. The quantitative estimate of drug-likeness (QED) is 0.631. The molecule has 3 aromatic rings. The average molecular weight is 414 g/mol. The Morgan fingerprint density at radius 2 is 1.59 bits per heavy atom. The van der Waals surface area contributed by atoms with Gasteiger partial charge in [0.15, 0.2) is 0 Å². The molecule has 0 saturated carbocycles. The number of rotatable bonds is 3. The minimum absolute atomic E-state index is 0.0119. The summed E-state index contributed by atoms with van der Waals surface area (Å²) in [5.74, 6) is 0. The molecule has 29 heavy (non-hydrogen) atoms. The smallest absolute Gasteiger partial charge is 0.314 e. The molecule has 0 amide bonds. The molecule has 2 aromatic carbocycles. The lowest BCUT2D eigenvalue weighted by molar-refractivity contribution is 0.342. The summed E-state index contributed by atoms with van der Waals surface area (Å²) < 4.78 is 27.8. The first-order chi connectivity index (χ1) is 13.8. The zero-order chi connectivity index (χ0) is 20.8. The maximum Gasteiger partial charge on any atom is 0.314 e. The van der Waals surface area contributed by atoms with Gasteiger partial charge in [-0.1, -0.05) is 17.7 Å². The Hall–Kier alpha value is -2.91. The Bertz CT molecular complexity index is 1280. The highest BCUT2D eigenvalue weighted by Crippen LogP contribution is 2.25. The van der Waals surface area contributed by atoms with Crippen molar-refractivity contribution in [3.8, 4) is 0 Å². The highest BCUT2D eigenvalue weighted by atomic mass is 32.2. The number of aromatic amines is 2. The normalized spacial score (nSPS) is 18.3. The number of piperazine rings is 1. The van der Waals surface area contributed by atoms with Gasteiger partial charge in [-0.15, -0.1) is 0 Å². The number of anilines is 1. The molecule has 0 unspecified atom stereocenters. The van der Waals surface area contributed by atoms with E-state index in [1.165, 1.54) is 28.1 Å². The van der Waals surface area contributed by atoms with Crippen molar-refractivity contribution in [3.63, 3.8) is 0 Å². The Kier molecular flexibility index (Phi) is 4.79. The molecule has 9 heteroatoms. The number of hydrogen-bond acceptors (Lipinski definition) is 5. The summed E-state index contributed by atoms with van der Waals surface area (Å²) in [6.45, 7) is 5.34. The predicted octanol–water partition coefficient (Wildman–Crippen LogP) is 1.42. The molecule has 8 nitrogen and oxygen atoms in total. The third-order valence-corrected chi connectivity index (χ3v) is 7.15. The molecule has 1 aliphatic heterocycles. The average Bonchev–Trinajstić information content (AvgIpc) is 2.69. The van der Waals surface area contributed by atoms with Crippen LogP contribution in [0.1, 0.15) is 12.5 Å². The van der Waals surface area contributed by atoms with Crippen molar-refractivity contribution in [2.75, 3.05) is 24.5 Å². The van der Waals surface area contributed by atoms with Gasteiger partial charge in [-0.25, -0.2) is 8.42 Å². The molecule has 1 fully saturated rings. The van der Waals surface area contributed by atoms with E-state index in [0.717, 1.165) is 5.69 Å². The topological polar surface area (TPSA) is 106 Å². The van der Waals surface area contributed by atoms with Crippen LogP contribution in [0.5, 0.6) is 0 Å². The minimum atomic E-state index is -3.73. The Morgan fingerprint density at radius 3 is 2.24 bits per heavy atom. The maximum atomic E-state index is 13.2. The summed E-state index contributed by atoms with van der Waals surface area (Å²) in [6.07, 6.45) is 0. The van der Waals surface area contributed by atoms with Gasteiger partial charge in [-0.2, -0.15) is 4.31 Å². The van der Waals surface area contributed by atoms with Crippen LogP contribution in [0.2, 0.25) is 0 Å². The van der Waals surface area contributed by atoms with Crippen LogP contribution in [0.4, 0.5) is 5.69 Å². The van der Waals surface area contributed by atoms with E-state index in [4.69, 9.17) is 0 Å². The fourth-order valence-corrected chi connectivity index (χ4v) is 5.20. The third-order valence-electron chi connectivity index (χ3n) is 5.29. The Morgan fingerprint density at radius 1 is 0.931 bits per heavy atom. The Labute approximate surface area is 167 Å². The van der Waals surface area contributed by atoms with E-state index in [0.29, 0.717) is 25.2 Å². The molecular weight excluding hydrogens is 392 g/mol. The lowest BCUT2D eigenvalue weighted by atomic mass is 10.1. The summed E-state index contributed by atoms with van der Waals surface area (Å²) in [6, 6.07) is 12.5. The molecule has 0 spiro atoms. The molecule has 0 aliphatic carbocycles. The van der Waals surface area contributed by atoms with E-state index in [1.54, 1.807) is 0 Å². The second-order valence-electron chi connectivity index (χ2n) is 7.36. The molecule has 1 atom stereocenters. The van der Waals surface area contributed by atoms with E-state index in [2.05, 4.69) is 27.0 Å². The number of nitrogens with zero attached hydrogens (tertiary/aromatic N) is 2. The lowest BCUT2D eigenvalue weighted by Gasteiger charge is -2.40. The van der Waals surface area contributed by atoms with E-state index < -0.39 is 21.1 Å². The van der Waals surface area contributed by atoms with Gasteiger partial charge in [-0.05, 0) is 44.2 Å². The van der Waals surface area contributed by atoms with Crippen LogP contribution in [-0.2, 0) is 10.0 Å². The van der Waals surface area contributed by atoms with Gasteiger partial charge in [0, 0.05) is 31.4 Å². The fraction of sp³-hybridized carbons (Fsp3) is 0.300. The summed E-state index contributed by atoms with van der Waals surface area (Å²) in [5, 5.41) is 0. The molecule has 4 rings (SSSR count). The zero-order valence-electron chi connectivity index (χ0n) is 16.2. The SMILES string of the molecule is Cc1ccc(N2CCN(S(=O)(=O)c3ccc4[nH]c(=O)c(=O)[nH]c4c3)C[C@@H]2C)cc1. The summed E-state index contributed by atoms with van der Waals surface area (Å²) in [5.41, 5.74) is 1.33. The van der Waals surface area contributed by atoms with Gasteiger partial charge in [-0.3, -0.25) is 9.59 Å². The second kappa shape index (κ2) is 7.16. The molecule has 1 saturated heterocycles. The number of sulfonamides is 1. The standard InChI is InChI=1S/C20H22N4O4S/c1-13-3-5-15(6-4-13)24-10-9-23(12-14(24)2)29(27,28)16-7-8-17-18(11-16)22-20(26)19(25)21-17/h3-8,11,14H,9-10,12H2,1-2H3,(H,21,25)(H,22,26)/t14-/m0/s1.